The van der Waals surface area contributed by atoms with Crippen LogP contribution in [0.4, 0.5) is 0 Å². The van der Waals surface area contributed by atoms with Crippen molar-refractivity contribution in [1.82, 2.24) is 4.31 Å². The first kappa shape index (κ1) is 18.4. The molecular weight excluding hydrogens is 376 g/mol. The van der Waals surface area contributed by atoms with Gasteiger partial charge in [0.1, 0.15) is 12.4 Å². The van der Waals surface area contributed by atoms with Crippen LogP contribution < -0.4 is 0 Å². The fourth-order valence-electron chi connectivity index (χ4n) is 2.77. The molecule has 3 rings (SSSR count). The van der Waals surface area contributed by atoms with Gasteiger partial charge >= 0.3 is 5.97 Å². The Morgan fingerprint density at radius 1 is 1.12 bits per heavy atom. The van der Waals surface area contributed by atoms with Crippen molar-refractivity contribution in [2.45, 2.75) is 23.9 Å². The van der Waals surface area contributed by atoms with Crippen LogP contribution in [0.15, 0.2) is 58.4 Å². The Hall–Kier alpha value is -2.38. The van der Waals surface area contributed by atoms with Gasteiger partial charge in [-0.2, -0.15) is 0 Å². The van der Waals surface area contributed by atoms with Crippen LogP contribution in [0, 0.1) is 6.92 Å². The van der Waals surface area contributed by atoms with E-state index in [9.17, 15) is 13.2 Å². The van der Waals surface area contributed by atoms with E-state index in [-0.39, 0.29) is 4.90 Å². The number of benzene rings is 2. The van der Waals surface area contributed by atoms with Gasteiger partial charge in [0.15, 0.2) is 6.04 Å². The van der Waals surface area contributed by atoms with Gasteiger partial charge in [0, 0.05) is 5.02 Å². The molecule has 1 aliphatic rings. The molecule has 2 aromatic rings. The van der Waals surface area contributed by atoms with Crippen molar-refractivity contribution in [3.8, 4) is 0 Å². The molecule has 136 valence electrons. The molecule has 6 nitrogen and oxygen atoms in total. The molecule has 0 aromatic heterocycles. The molecule has 26 heavy (non-hydrogen) atoms. The van der Waals surface area contributed by atoms with Gasteiger partial charge in [-0.15, -0.1) is 0 Å². The van der Waals surface area contributed by atoms with Gasteiger partial charge in [-0.3, -0.25) is 4.99 Å². The van der Waals surface area contributed by atoms with Crippen molar-refractivity contribution in [2.24, 2.45) is 4.99 Å². The lowest BCUT2D eigenvalue weighted by molar-refractivity contribution is -0.142. The lowest BCUT2D eigenvalue weighted by Gasteiger charge is -2.27. The summed E-state index contributed by atoms with van der Waals surface area (Å²) in [5.74, 6) is -0.609. The van der Waals surface area contributed by atoms with Crippen LogP contribution in [0.5, 0.6) is 0 Å². The van der Waals surface area contributed by atoms with Crippen LogP contribution in [0.25, 0.3) is 0 Å². The zero-order valence-corrected chi connectivity index (χ0v) is 15.7. The third-order valence-electron chi connectivity index (χ3n) is 4.16. The molecule has 0 saturated carbocycles. The molecule has 1 heterocycles. The summed E-state index contributed by atoms with van der Waals surface area (Å²) < 4.78 is 32.1. The van der Waals surface area contributed by atoms with E-state index in [0.717, 1.165) is 9.87 Å². The number of rotatable bonds is 4. The van der Waals surface area contributed by atoms with E-state index < -0.39 is 28.1 Å². The lowest BCUT2D eigenvalue weighted by atomic mass is 10.0. The number of hydrogen-bond acceptors (Lipinski definition) is 5. The summed E-state index contributed by atoms with van der Waals surface area (Å²) in [7, 11) is -2.65. The number of halogens is 1. The van der Waals surface area contributed by atoms with Crippen molar-refractivity contribution in [3.63, 3.8) is 0 Å². The quantitative estimate of drug-likeness (QED) is 0.749. The second-order valence-electron chi connectivity index (χ2n) is 5.88. The predicted molar refractivity (Wildman–Crippen MR) is 98.7 cm³/mol. The highest BCUT2D eigenvalue weighted by Gasteiger charge is 2.43. The normalized spacial score (nSPS) is 19.6. The summed E-state index contributed by atoms with van der Waals surface area (Å²) in [5, 5.41) is 0.509. The minimum atomic E-state index is -3.89. The lowest BCUT2D eigenvalue weighted by Crippen LogP contribution is -2.37. The van der Waals surface area contributed by atoms with Crippen molar-refractivity contribution >= 4 is 33.9 Å². The highest BCUT2D eigenvalue weighted by atomic mass is 35.5. The number of nitrogens with zero attached hydrogens (tertiary/aromatic N) is 2. The van der Waals surface area contributed by atoms with E-state index in [1.807, 2.05) is 6.92 Å². The van der Waals surface area contributed by atoms with Gasteiger partial charge in [0.2, 0.25) is 0 Å². The van der Waals surface area contributed by atoms with Crippen LogP contribution in [0.3, 0.4) is 0 Å². The van der Waals surface area contributed by atoms with Gasteiger partial charge in [0.25, 0.3) is 10.0 Å². The van der Waals surface area contributed by atoms with E-state index in [1.165, 1.54) is 25.6 Å². The highest BCUT2D eigenvalue weighted by molar-refractivity contribution is 7.89. The molecule has 2 atom stereocenters. The Bertz CT molecular complexity index is 940. The van der Waals surface area contributed by atoms with Gasteiger partial charge in [0.05, 0.1) is 12.0 Å². The number of carbonyl (C=O) groups is 1. The van der Waals surface area contributed by atoms with E-state index in [4.69, 9.17) is 16.3 Å². The molecule has 0 radical (unpaired) electrons. The number of hydrogen-bond donors (Lipinski definition) is 0. The second kappa shape index (κ2) is 7.09. The fourth-order valence-corrected chi connectivity index (χ4v) is 4.34. The molecule has 0 N–H and O–H groups in total. The monoisotopic (exact) mass is 392 g/mol. The van der Waals surface area contributed by atoms with Gasteiger partial charge in [-0.1, -0.05) is 41.4 Å². The summed E-state index contributed by atoms with van der Waals surface area (Å²) in [6.45, 7) is 1.87. The topological polar surface area (TPSA) is 76.0 Å². The third-order valence-corrected chi connectivity index (χ3v) is 6.16. The van der Waals surface area contributed by atoms with Crippen molar-refractivity contribution < 1.29 is 17.9 Å². The molecule has 2 aromatic carbocycles. The summed E-state index contributed by atoms with van der Waals surface area (Å²) in [4.78, 5) is 16.4. The largest absolute Gasteiger partial charge is 0.467 e. The maximum Gasteiger partial charge on any atom is 0.333 e. The van der Waals surface area contributed by atoms with E-state index in [2.05, 4.69) is 4.99 Å². The van der Waals surface area contributed by atoms with Crippen LogP contribution in [0.1, 0.15) is 17.2 Å². The van der Waals surface area contributed by atoms with E-state index in [1.54, 1.807) is 36.4 Å². The molecule has 0 amide bonds. The minimum Gasteiger partial charge on any atom is -0.467 e. The summed E-state index contributed by atoms with van der Waals surface area (Å²) >= 11 is 5.93. The number of aliphatic imine (C=N–C) groups is 1. The molecule has 0 aliphatic carbocycles. The number of sulfonamides is 1. The van der Waals surface area contributed by atoms with Gasteiger partial charge in [-0.25, -0.2) is 17.5 Å². The SMILES string of the molecule is COC(=O)[C@H]1N=CN(S(=O)(=O)c2ccc(C)cc2)[C@@H]1c1ccc(Cl)cc1. The number of methoxy groups -OCH3 is 1. The first-order chi connectivity index (χ1) is 12.3. The third kappa shape index (κ3) is 3.32. The molecular formula is C18H17ClN2O4S. The number of esters is 1. The predicted octanol–water partition coefficient (Wildman–Crippen LogP) is 2.96. The Morgan fingerprint density at radius 2 is 1.73 bits per heavy atom. The van der Waals surface area contributed by atoms with Crippen LogP contribution >= 0.6 is 11.6 Å². The maximum atomic E-state index is 13.1. The molecule has 0 bridgehead atoms. The van der Waals surface area contributed by atoms with E-state index in [0.29, 0.717) is 10.6 Å². The van der Waals surface area contributed by atoms with Crippen LogP contribution in [-0.2, 0) is 19.6 Å². The van der Waals surface area contributed by atoms with Crippen LogP contribution in [0.2, 0.25) is 5.02 Å². The van der Waals surface area contributed by atoms with E-state index >= 15 is 0 Å². The fraction of sp³-hybridized carbons (Fsp3) is 0.222. The smallest absolute Gasteiger partial charge is 0.333 e. The zero-order valence-electron chi connectivity index (χ0n) is 14.2. The van der Waals surface area contributed by atoms with Gasteiger partial charge < -0.3 is 4.74 Å². The average molecular weight is 393 g/mol. The standard InChI is InChI=1S/C18H17ClN2O4S/c1-12-3-9-15(10-4-12)26(23,24)21-11-20-16(18(22)25-2)17(21)13-5-7-14(19)8-6-13/h3-11,16-17H,1-2H3/t16-,17+/m0/s1. The first-order valence-corrected chi connectivity index (χ1v) is 9.63. The molecule has 0 fully saturated rings. The Labute approximate surface area is 157 Å². The van der Waals surface area contributed by atoms with Crippen molar-refractivity contribution in [3.05, 3.63) is 64.7 Å². The summed E-state index contributed by atoms with van der Waals surface area (Å²) in [6, 6.07) is 11.3. The Morgan fingerprint density at radius 3 is 2.31 bits per heavy atom. The van der Waals surface area contributed by atoms with Crippen LogP contribution in [-0.4, -0.2) is 38.2 Å². The minimum absolute atomic E-state index is 0.124. The molecule has 0 saturated heterocycles. The van der Waals surface area contributed by atoms with Crippen molar-refractivity contribution in [2.75, 3.05) is 7.11 Å². The van der Waals surface area contributed by atoms with Gasteiger partial charge in [-0.05, 0) is 36.8 Å². The first-order valence-electron chi connectivity index (χ1n) is 7.81. The number of aryl methyl sites for hydroxylation is 1. The molecule has 0 spiro atoms. The highest BCUT2D eigenvalue weighted by Crippen LogP contribution is 2.35. The number of ether oxygens (including phenoxy) is 1. The maximum absolute atomic E-state index is 13.1. The molecule has 1 aliphatic heterocycles. The molecule has 0 unspecified atom stereocenters. The molecule has 8 heteroatoms. The van der Waals surface area contributed by atoms with Crippen molar-refractivity contribution in [1.29, 1.82) is 0 Å². The second-order valence-corrected chi connectivity index (χ2v) is 8.16. The summed E-state index contributed by atoms with van der Waals surface area (Å²) in [6.07, 6.45) is 1.18. The Kier molecular flexibility index (Phi) is 5.02. The Balaban J connectivity index is 2.06. The number of carbonyl (C=O) groups excluding carboxylic acids is 1. The summed E-state index contributed by atoms with van der Waals surface area (Å²) in [5.41, 5.74) is 1.54. The zero-order chi connectivity index (χ0) is 18.9. The average Bonchev–Trinajstić information content (AvgIpc) is 3.08.